The molecule has 0 unspecified atom stereocenters. The molecule has 1 saturated heterocycles. The molecule has 166 valence electrons. The average Bonchev–Trinajstić information content (AvgIpc) is 3.24. The number of nitrogens with zero attached hydrogens (tertiary/aromatic N) is 4. The number of urea groups is 1. The van der Waals surface area contributed by atoms with Crippen molar-refractivity contribution in [3.05, 3.63) is 48.3 Å². The fourth-order valence-electron chi connectivity index (χ4n) is 4.28. The van der Waals surface area contributed by atoms with Crippen LogP contribution < -0.4 is 10.6 Å². The number of rotatable bonds is 5. The Bertz CT molecular complexity index is 905. The van der Waals surface area contributed by atoms with Gasteiger partial charge in [-0.3, -0.25) is 9.78 Å². The van der Waals surface area contributed by atoms with Crippen LogP contribution in [0.15, 0.2) is 36.9 Å². The lowest BCUT2D eigenvalue weighted by molar-refractivity contribution is -0.171. The molecule has 0 radical (unpaired) electrons. The molecule has 4 rings (SSSR count). The minimum absolute atomic E-state index is 0.0607. The molecule has 0 saturated carbocycles. The van der Waals surface area contributed by atoms with Gasteiger partial charge in [0, 0.05) is 63.3 Å². The average molecular weight is 427 g/mol. The number of hydrogen-bond acceptors (Lipinski definition) is 5. The molecule has 9 nitrogen and oxygen atoms in total. The number of likely N-dealkylation sites (tertiary alicyclic amines) is 1. The monoisotopic (exact) mass is 426 g/mol. The van der Waals surface area contributed by atoms with Gasteiger partial charge in [0.1, 0.15) is 11.4 Å². The van der Waals surface area contributed by atoms with E-state index >= 15 is 0 Å². The molecule has 1 spiro atoms. The first kappa shape index (κ1) is 21.3. The van der Waals surface area contributed by atoms with Crippen LogP contribution in [0.2, 0.25) is 0 Å². The highest BCUT2D eigenvalue weighted by Crippen LogP contribution is 2.40. The molecule has 4 heterocycles. The summed E-state index contributed by atoms with van der Waals surface area (Å²) in [5, 5.41) is 5.94. The number of piperidine rings is 1. The van der Waals surface area contributed by atoms with Gasteiger partial charge < -0.3 is 24.8 Å². The zero-order chi connectivity index (χ0) is 21.8. The minimum atomic E-state index is -0.649. The van der Waals surface area contributed by atoms with Crippen molar-refractivity contribution in [1.82, 2.24) is 30.1 Å². The fourth-order valence-corrected chi connectivity index (χ4v) is 4.28. The predicted molar refractivity (Wildman–Crippen MR) is 114 cm³/mol. The van der Waals surface area contributed by atoms with Gasteiger partial charge in [-0.2, -0.15) is 0 Å². The van der Waals surface area contributed by atoms with Gasteiger partial charge in [-0.05, 0) is 38.0 Å². The van der Waals surface area contributed by atoms with Crippen molar-refractivity contribution in [3.8, 4) is 0 Å². The van der Waals surface area contributed by atoms with E-state index in [-0.39, 0.29) is 18.0 Å². The topological polar surface area (TPSA) is 101 Å². The summed E-state index contributed by atoms with van der Waals surface area (Å²) in [5.41, 5.74) is 0.476. The fraction of sp³-hybridized carbons (Fsp3) is 0.545. The van der Waals surface area contributed by atoms with Gasteiger partial charge in [-0.1, -0.05) is 0 Å². The summed E-state index contributed by atoms with van der Waals surface area (Å²) in [4.78, 5) is 35.6. The normalized spacial score (nSPS) is 19.8. The Hall–Kier alpha value is -2.94. The van der Waals surface area contributed by atoms with Gasteiger partial charge in [0.2, 0.25) is 0 Å². The molecule has 0 bridgehead atoms. The quantitative estimate of drug-likeness (QED) is 0.754. The molecule has 2 aromatic heterocycles. The standard InChI is InChI=1S/C22H30N6O3/c1-16(2)26-21(30)27-12-6-22(7-13-27)20-25-11-14-28(20)15-18(31-22)19(29)24-10-5-17-3-8-23-9-4-17/h3-4,8-9,11,14,16,18H,5-7,10,12-13,15H2,1-2H3,(H,24,29)(H,26,30)/t18-/m0/s1. The SMILES string of the molecule is CC(C)NC(=O)N1CCC2(CC1)O[C@H](C(=O)NCCc1ccncc1)Cn1ccnc12. The number of fused-ring (bicyclic) bond motifs is 2. The smallest absolute Gasteiger partial charge is 0.317 e. The highest BCUT2D eigenvalue weighted by atomic mass is 16.5. The Morgan fingerprint density at radius 2 is 1.97 bits per heavy atom. The Labute approximate surface area is 182 Å². The van der Waals surface area contributed by atoms with Crippen LogP contribution in [-0.4, -0.2) is 63.2 Å². The largest absolute Gasteiger partial charge is 0.353 e. The van der Waals surface area contributed by atoms with Crippen molar-refractivity contribution >= 4 is 11.9 Å². The summed E-state index contributed by atoms with van der Waals surface area (Å²) in [6.07, 6.45) is 8.51. The van der Waals surface area contributed by atoms with Gasteiger partial charge in [-0.15, -0.1) is 0 Å². The first-order chi connectivity index (χ1) is 15.0. The van der Waals surface area contributed by atoms with Gasteiger partial charge in [0.25, 0.3) is 5.91 Å². The molecule has 3 amide bonds. The van der Waals surface area contributed by atoms with Crippen LogP contribution in [-0.2, 0) is 28.1 Å². The number of hydrogen-bond donors (Lipinski definition) is 2. The molecule has 2 aromatic rings. The molecule has 2 aliphatic rings. The van der Waals surface area contributed by atoms with Crippen LogP contribution in [0.3, 0.4) is 0 Å². The van der Waals surface area contributed by atoms with Gasteiger partial charge in [0.15, 0.2) is 6.10 Å². The van der Waals surface area contributed by atoms with Crippen LogP contribution in [0.5, 0.6) is 0 Å². The maximum absolute atomic E-state index is 12.9. The molecule has 0 aromatic carbocycles. The molecule has 1 atom stereocenters. The Morgan fingerprint density at radius 1 is 1.23 bits per heavy atom. The number of pyridine rings is 1. The van der Waals surface area contributed by atoms with E-state index in [2.05, 4.69) is 20.6 Å². The zero-order valence-electron chi connectivity index (χ0n) is 18.1. The third kappa shape index (κ3) is 4.71. The second kappa shape index (κ2) is 9.05. The third-order valence-corrected chi connectivity index (χ3v) is 5.88. The molecule has 31 heavy (non-hydrogen) atoms. The number of carbonyl (C=O) groups excluding carboxylic acids is 2. The second-order valence-corrected chi connectivity index (χ2v) is 8.49. The van der Waals surface area contributed by atoms with Crippen molar-refractivity contribution in [2.45, 2.75) is 57.4 Å². The molecule has 1 fully saturated rings. The summed E-state index contributed by atoms with van der Waals surface area (Å²) in [6.45, 7) is 5.99. The minimum Gasteiger partial charge on any atom is -0.353 e. The highest BCUT2D eigenvalue weighted by molar-refractivity contribution is 5.81. The number of nitrogens with one attached hydrogen (secondary N) is 2. The highest BCUT2D eigenvalue weighted by Gasteiger charge is 2.47. The maximum atomic E-state index is 12.9. The van der Waals surface area contributed by atoms with Crippen LogP contribution in [0.1, 0.15) is 38.1 Å². The van der Waals surface area contributed by atoms with Crippen molar-refractivity contribution in [1.29, 1.82) is 0 Å². The maximum Gasteiger partial charge on any atom is 0.317 e. The van der Waals surface area contributed by atoms with Crippen LogP contribution in [0.4, 0.5) is 4.79 Å². The number of imidazole rings is 1. The Balaban J connectivity index is 1.39. The molecule has 2 N–H and O–H groups in total. The van der Waals surface area contributed by atoms with E-state index in [1.807, 2.05) is 36.7 Å². The number of aromatic nitrogens is 3. The van der Waals surface area contributed by atoms with E-state index in [1.54, 1.807) is 23.5 Å². The van der Waals surface area contributed by atoms with E-state index < -0.39 is 11.7 Å². The van der Waals surface area contributed by atoms with Crippen molar-refractivity contribution in [3.63, 3.8) is 0 Å². The Morgan fingerprint density at radius 3 is 2.68 bits per heavy atom. The van der Waals surface area contributed by atoms with E-state index in [0.29, 0.717) is 39.0 Å². The van der Waals surface area contributed by atoms with Crippen molar-refractivity contribution in [2.24, 2.45) is 0 Å². The van der Waals surface area contributed by atoms with Crippen LogP contribution >= 0.6 is 0 Å². The summed E-state index contributed by atoms with van der Waals surface area (Å²) in [5.74, 6) is 0.727. The molecular weight excluding hydrogens is 396 g/mol. The summed E-state index contributed by atoms with van der Waals surface area (Å²) < 4.78 is 8.42. The molecule has 9 heteroatoms. The number of ether oxygens (including phenoxy) is 1. The van der Waals surface area contributed by atoms with Crippen LogP contribution in [0.25, 0.3) is 0 Å². The first-order valence-corrected chi connectivity index (χ1v) is 10.9. The summed E-state index contributed by atoms with van der Waals surface area (Å²) in [7, 11) is 0. The van der Waals surface area contributed by atoms with Crippen LogP contribution in [0, 0.1) is 0 Å². The molecule has 0 aliphatic carbocycles. The number of amides is 3. The summed E-state index contributed by atoms with van der Waals surface area (Å²) >= 11 is 0. The predicted octanol–water partition coefficient (Wildman–Crippen LogP) is 1.44. The lowest BCUT2D eigenvalue weighted by atomic mass is 9.88. The molecular formula is C22H30N6O3. The van der Waals surface area contributed by atoms with E-state index in [4.69, 9.17) is 4.74 Å². The van der Waals surface area contributed by atoms with Gasteiger partial charge in [-0.25, -0.2) is 9.78 Å². The van der Waals surface area contributed by atoms with Gasteiger partial charge in [0.05, 0.1) is 6.54 Å². The first-order valence-electron chi connectivity index (χ1n) is 10.9. The van der Waals surface area contributed by atoms with Crippen molar-refractivity contribution in [2.75, 3.05) is 19.6 Å². The number of carbonyl (C=O) groups is 2. The van der Waals surface area contributed by atoms with E-state index in [1.165, 1.54) is 0 Å². The molecule has 2 aliphatic heterocycles. The van der Waals surface area contributed by atoms with E-state index in [0.717, 1.165) is 17.8 Å². The van der Waals surface area contributed by atoms with Crippen molar-refractivity contribution < 1.29 is 14.3 Å². The zero-order valence-corrected chi connectivity index (χ0v) is 18.1. The lowest BCUT2D eigenvalue weighted by Gasteiger charge is -2.45. The second-order valence-electron chi connectivity index (χ2n) is 8.49. The van der Waals surface area contributed by atoms with E-state index in [9.17, 15) is 9.59 Å². The third-order valence-electron chi connectivity index (χ3n) is 5.88. The lowest BCUT2D eigenvalue weighted by Crippen LogP contribution is -2.56. The van der Waals surface area contributed by atoms with Gasteiger partial charge >= 0.3 is 6.03 Å². The Kier molecular flexibility index (Phi) is 6.22. The summed E-state index contributed by atoms with van der Waals surface area (Å²) in [6, 6.07) is 3.92.